The second-order valence-corrected chi connectivity index (χ2v) is 6.77. The van der Waals surface area contributed by atoms with Crippen molar-refractivity contribution in [3.63, 3.8) is 0 Å². The van der Waals surface area contributed by atoms with Crippen LogP contribution in [0.5, 0.6) is 0 Å². The Balaban J connectivity index is 2.07. The predicted octanol–water partition coefficient (Wildman–Crippen LogP) is 2.69. The van der Waals surface area contributed by atoms with Crippen molar-refractivity contribution in [3.05, 3.63) is 58.3 Å². The summed E-state index contributed by atoms with van der Waals surface area (Å²) < 4.78 is 12.2. The first-order valence-corrected chi connectivity index (χ1v) is 8.09. The van der Waals surface area contributed by atoms with Gasteiger partial charge in [0.05, 0.1) is 5.75 Å². The van der Waals surface area contributed by atoms with Gasteiger partial charge in [-0.1, -0.05) is 36.4 Å². The van der Waals surface area contributed by atoms with Crippen molar-refractivity contribution in [1.82, 2.24) is 0 Å². The van der Waals surface area contributed by atoms with Crippen molar-refractivity contribution in [3.8, 4) is 0 Å². The van der Waals surface area contributed by atoms with E-state index in [2.05, 4.69) is 0 Å². The van der Waals surface area contributed by atoms with Crippen LogP contribution in [0.15, 0.2) is 47.8 Å². The summed E-state index contributed by atoms with van der Waals surface area (Å²) in [6.45, 7) is 0. The Morgan fingerprint density at radius 1 is 1.21 bits per heavy atom. The van der Waals surface area contributed by atoms with E-state index >= 15 is 0 Å². The van der Waals surface area contributed by atoms with E-state index in [1.165, 1.54) is 11.3 Å². The fourth-order valence-corrected chi connectivity index (χ4v) is 4.05. The van der Waals surface area contributed by atoms with Gasteiger partial charge in [0.25, 0.3) is 0 Å². The zero-order valence-corrected chi connectivity index (χ0v) is 11.8. The van der Waals surface area contributed by atoms with Gasteiger partial charge in [0.1, 0.15) is 5.25 Å². The number of hydrogen-bond acceptors (Lipinski definition) is 3. The third-order valence-electron chi connectivity index (χ3n) is 2.72. The molecule has 0 aliphatic carbocycles. The highest BCUT2D eigenvalue weighted by Gasteiger charge is 2.25. The van der Waals surface area contributed by atoms with Crippen molar-refractivity contribution >= 4 is 28.1 Å². The average Bonchev–Trinajstić information content (AvgIpc) is 2.89. The first-order valence-electron chi connectivity index (χ1n) is 5.83. The Bertz CT molecular complexity index is 549. The largest absolute Gasteiger partial charge is 0.480 e. The van der Waals surface area contributed by atoms with Crippen LogP contribution in [0, 0.1) is 0 Å². The van der Waals surface area contributed by atoms with Gasteiger partial charge in [-0.05, 0) is 23.4 Å². The molecule has 100 valence electrons. The minimum absolute atomic E-state index is 0.300. The van der Waals surface area contributed by atoms with E-state index in [4.69, 9.17) is 0 Å². The molecule has 5 heteroatoms. The van der Waals surface area contributed by atoms with Crippen molar-refractivity contribution in [1.29, 1.82) is 0 Å². The van der Waals surface area contributed by atoms with E-state index in [-0.39, 0.29) is 0 Å². The first-order chi connectivity index (χ1) is 9.16. The Kier molecular flexibility index (Phi) is 4.87. The average molecular weight is 294 g/mol. The van der Waals surface area contributed by atoms with Gasteiger partial charge in [-0.15, -0.1) is 11.3 Å². The molecule has 0 spiro atoms. The monoisotopic (exact) mass is 294 g/mol. The van der Waals surface area contributed by atoms with Gasteiger partial charge in [0, 0.05) is 15.7 Å². The summed E-state index contributed by atoms with van der Waals surface area (Å²) in [5, 5.41) is 10.3. The lowest BCUT2D eigenvalue weighted by Gasteiger charge is -2.11. The third-order valence-corrected chi connectivity index (χ3v) is 5.38. The number of aliphatic carboxylic acids is 1. The van der Waals surface area contributed by atoms with Crippen LogP contribution in [-0.4, -0.2) is 20.5 Å². The van der Waals surface area contributed by atoms with E-state index in [0.29, 0.717) is 12.2 Å². The zero-order chi connectivity index (χ0) is 13.7. The van der Waals surface area contributed by atoms with Crippen LogP contribution in [0.2, 0.25) is 0 Å². The maximum Gasteiger partial charge on any atom is 0.319 e. The molecule has 0 fully saturated rings. The summed E-state index contributed by atoms with van der Waals surface area (Å²) in [5.41, 5.74) is 0.898. The second-order valence-electron chi connectivity index (χ2n) is 4.12. The second kappa shape index (κ2) is 6.63. The molecule has 2 rings (SSSR count). The van der Waals surface area contributed by atoms with Crippen LogP contribution < -0.4 is 0 Å². The lowest BCUT2D eigenvalue weighted by molar-refractivity contribution is -0.136. The summed E-state index contributed by atoms with van der Waals surface area (Å²) in [6.07, 6.45) is 0.300. The number of hydrogen-bond donors (Lipinski definition) is 1. The molecule has 0 amide bonds. The smallest absolute Gasteiger partial charge is 0.319 e. The first kappa shape index (κ1) is 14.0. The van der Waals surface area contributed by atoms with Gasteiger partial charge >= 0.3 is 5.97 Å². The number of benzene rings is 1. The zero-order valence-electron chi connectivity index (χ0n) is 10.2. The molecule has 19 heavy (non-hydrogen) atoms. The number of carboxylic acids is 1. The van der Waals surface area contributed by atoms with Gasteiger partial charge in [0.15, 0.2) is 0 Å². The summed E-state index contributed by atoms with van der Waals surface area (Å²) >= 11 is 1.50. The van der Waals surface area contributed by atoms with E-state index in [0.717, 1.165) is 10.4 Å². The molecule has 0 aliphatic rings. The topological polar surface area (TPSA) is 54.4 Å². The summed E-state index contributed by atoms with van der Waals surface area (Å²) in [4.78, 5) is 12.2. The molecule has 0 saturated carbocycles. The Labute approximate surface area is 118 Å². The molecular formula is C14H14O3S2. The number of carboxylic acid groups (broad SMARTS) is 1. The van der Waals surface area contributed by atoms with Crippen LogP contribution in [0.4, 0.5) is 0 Å². The molecule has 0 saturated heterocycles. The van der Waals surface area contributed by atoms with E-state index in [1.807, 2.05) is 47.8 Å². The summed E-state index contributed by atoms with van der Waals surface area (Å²) in [6, 6.07) is 13.1. The third kappa shape index (κ3) is 4.01. The normalized spacial score (nSPS) is 13.9. The highest BCUT2D eigenvalue weighted by Crippen LogP contribution is 2.16. The molecule has 1 aromatic carbocycles. The van der Waals surface area contributed by atoms with Crippen LogP contribution in [0.25, 0.3) is 0 Å². The molecule has 2 atom stereocenters. The highest BCUT2D eigenvalue weighted by molar-refractivity contribution is 7.85. The molecule has 2 unspecified atom stereocenters. The summed E-state index contributed by atoms with van der Waals surface area (Å²) in [7, 11) is -1.41. The quantitative estimate of drug-likeness (QED) is 0.891. The van der Waals surface area contributed by atoms with E-state index in [1.54, 1.807) is 0 Å². The summed E-state index contributed by atoms with van der Waals surface area (Å²) in [5.74, 6) is -0.694. The lowest BCUT2D eigenvalue weighted by Crippen LogP contribution is -2.28. The molecule has 2 aromatic rings. The van der Waals surface area contributed by atoms with Crippen LogP contribution in [0.3, 0.4) is 0 Å². The van der Waals surface area contributed by atoms with Crippen LogP contribution in [-0.2, 0) is 27.8 Å². The highest BCUT2D eigenvalue weighted by atomic mass is 32.2. The van der Waals surface area contributed by atoms with Crippen LogP contribution >= 0.6 is 11.3 Å². The van der Waals surface area contributed by atoms with Crippen molar-refractivity contribution in [2.75, 3.05) is 0 Å². The van der Waals surface area contributed by atoms with Gasteiger partial charge in [-0.3, -0.25) is 9.00 Å². The van der Waals surface area contributed by atoms with Crippen molar-refractivity contribution < 1.29 is 14.1 Å². The fourth-order valence-electron chi connectivity index (χ4n) is 1.76. The number of rotatable bonds is 6. The molecule has 3 nitrogen and oxygen atoms in total. The Morgan fingerprint density at radius 3 is 2.53 bits per heavy atom. The maximum absolute atomic E-state index is 12.2. The van der Waals surface area contributed by atoms with Crippen molar-refractivity contribution in [2.24, 2.45) is 0 Å². The molecular weight excluding hydrogens is 280 g/mol. The van der Waals surface area contributed by atoms with Gasteiger partial charge < -0.3 is 5.11 Å². The molecule has 1 aromatic heterocycles. The minimum atomic E-state index is -1.41. The number of carbonyl (C=O) groups is 1. The Morgan fingerprint density at radius 2 is 1.95 bits per heavy atom. The van der Waals surface area contributed by atoms with Crippen molar-refractivity contribution in [2.45, 2.75) is 17.4 Å². The lowest BCUT2D eigenvalue weighted by atomic mass is 10.1. The predicted molar refractivity (Wildman–Crippen MR) is 77.7 cm³/mol. The fraction of sp³-hybridized carbons (Fsp3) is 0.214. The van der Waals surface area contributed by atoms with E-state index in [9.17, 15) is 14.1 Å². The molecule has 1 heterocycles. The van der Waals surface area contributed by atoms with Gasteiger partial charge in [0.2, 0.25) is 0 Å². The molecule has 0 aliphatic heterocycles. The van der Waals surface area contributed by atoms with E-state index < -0.39 is 22.0 Å². The SMILES string of the molecule is O=C(O)C(Cc1ccccc1)S(=O)Cc1cccs1. The van der Waals surface area contributed by atoms with Crippen LogP contribution in [0.1, 0.15) is 10.4 Å². The van der Waals surface area contributed by atoms with Gasteiger partial charge in [-0.25, -0.2) is 0 Å². The maximum atomic E-state index is 12.2. The Hall–Kier alpha value is -1.46. The molecule has 0 radical (unpaired) electrons. The van der Waals surface area contributed by atoms with Gasteiger partial charge in [-0.2, -0.15) is 0 Å². The standard InChI is InChI=1S/C14H14O3S2/c15-14(16)13(9-11-5-2-1-3-6-11)19(17)10-12-7-4-8-18-12/h1-8,13H,9-10H2,(H,15,16). The molecule has 1 N–H and O–H groups in total. The number of thiophene rings is 1. The molecule has 0 bridgehead atoms. The minimum Gasteiger partial charge on any atom is -0.480 e.